The lowest BCUT2D eigenvalue weighted by Crippen LogP contribution is -2.16. The first-order valence-electron chi connectivity index (χ1n) is 6.73. The third-order valence-electron chi connectivity index (χ3n) is 2.58. The van der Waals surface area contributed by atoms with Crippen LogP contribution in [0.2, 0.25) is 0 Å². The summed E-state index contributed by atoms with van der Waals surface area (Å²) in [7, 11) is 0. The lowest BCUT2D eigenvalue weighted by Gasteiger charge is -2.02. The number of nitrogens with one attached hydrogen (secondary N) is 1. The minimum absolute atomic E-state index is 0.175. The molecule has 1 amide bonds. The van der Waals surface area contributed by atoms with Crippen molar-refractivity contribution in [3.05, 3.63) is 35.7 Å². The van der Waals surface area contributed by atoms with E-state index in [1.165, 1.54) is 23.1 Å². The van der Waals surface area contributed by atoms with E-state index in [1.54, 1.807) is 6.92 Å². The van der Waals surface area contributed by atoms with Crippen molar-refractivity contribution in [3.8, 4) is 11.3 Å². The lowest BCUT2D eigenvalue weighted by molar-refractivity contribution is -0.139. The Morgan fingerprint density at radius 2 is 2.05 bits per heavy atom. The molecule has 1 N–H and O–H groups in total. The second-order valence-electron chi connectivity index (χ2n) is 4.25. The highest BCUT2D eigenvalue weighted by atomic mass is 32.2. The SMILES string of the molecule is CCOC(=O)CSCC(=O)Nc1nc(-c2ccccc2)cs1. The van der Waals surface area contributed by atoms with E-state index < -0.39 is 0 Å². The van der Waals surface area contributed by atoms with Crippen LogP contribution in [0.1, 0.15) is 6.92 Å². The van der Waals surface area contributed by atoms with Gasteiger partial charge in [-0.05, 0) is 6.92 Å². The number of amides is 1. The Hall–Kier alpha value is -1.86. The molecule has 1 aromatic heterocycles. The summed E-state index contributed by atoms with van der Waals surface area (Å²) in [6, 6.07) is 9.77. The molecule has 0 saturated heterocycles. The molecule has 5 nitrogen and oxygen atoms in total. The van der Waals surface area contributed by atoms with E-state index in [0.29, 0.717) is 11.7 Å². The van der Waals surface area contributed by atoms with Gasteiger partial charge in [0.15, 0.2) is 5.13 Å². The zero-order valence-corrected chi connectivity index (χ0v) is 13.7. The van der Waals surface area contributed by atoms with E-state index in [2.05, 4.69) is 10.3 Å². The van der Waals surface area contributed by atoms with Crippen molar-refractivity contribution < 1.29 is 14.3 Å². The number of thiazole rings is 1. The molecule has 0 unspecified atom stereocenters. The summed E-state index contributed by atoms with van der Waals surface area (Å²) in [6.07, 6.45) is 0. The molecule has 0 radical (unpaired) electrons. The first kappa shape index (κ1) is 16.5. The van der Waals surface area contributed by atoms with E-state index in [-0.39, 0.29) is 23.4 Å². The molecule has 2 aromatic rings. The molecule has 0 saturated carbocycles. The molecule has 7 heteroatoms. The number of hydrogen-bond donors (Lipinski definition) is 1. The minimum Gasteiger partial charge on any atom is -0.465 e. The van der Waals surface area contributed by atoms with E-state index >= 15 is 0 Å². The largest absolute Gasteiger partial charge is 0.465 e. The Bertz CT molecular complexity index is 629. The lowest BCUT2D eigenvalue weighted by atomic mass is 10.2. The molecule has 22 heavy (non-hydrogen) atoms. The zero-order chi connectivity index (χ0) is 15.8. The number of nitrogens with zero attached hydrogens (tertiary/aromatic N) is 1. The maximum atomic E-state index is 11.8. The average Bonchev–Trinajstić information content (AvgIpc) is 2.97. The number of rotatable bonds is 7. The molecular weight excluding hydrogens is 320 g/mol. The van der Waals surface area contributed by atoms with Gasteiger partial charge in [0.05, 0.1) is 23.8 Å². The number of esters is 1. The van der Waals surface area contributed by atoms with Gasteiger partial charge in [0.1, 0.15) is 0 Å². The van der Waals surface area contributed by atoms with Crippen LogP contribution >= 0.6 is 23.1 Å². The smallest absolute Gasteiger partial charge is 0.315 e. The molecule has 0 aliphatic rings. The number of anilines is 1. The Balaban J connectivity index is 1.80. The fourth-order valence-electron chi connectivity index (χ4n) is 1.66. The fraction of sp³-hybridized carbons (Fsp3) is 0.267. The number of ether oxygens (including phenoxy) is 1. The van der Waals surface area contributed by atoms with Gasteiger partial charge in [-0.1, -0.05) is 30.3 Å². The van der Waals surface area contributed by atoms with Crippen LogP contribution in [0, 0.1) is 0 Å². The molecule has 0 aliphatic carbocycles. The molecule has 0 bridgehead atoms. The molecule has 0 aliphatic heterocycles. The highest BCUT2D eigenvalue weighted by Crippen LogP contribution is 2.24. The fourth-order valence-corrected chi connectivity index (χ4v) is 3.00. The highest BCUT2D eigenvalue weighted by molar-refractivity contribution is 8.00. The van der Waals surface area contributed by atoms with Crippen LogP contribution in [0.25, 0.3) is 11.3 Å². The summed E-state index contributed by atoms with van der Waals surface area (Å²) in [5.74, 6) is -0.114. The summed E-state index contributed by atoms with van der Waals surface area (Å²) in [4.78, 5) is 27.3. The van der Waals surface area contributed by atoms with E-state index in [1.807, 2.05) is 35.7 Å². The van der Waals surface area contributed by atoms with Crippen LogP contribution < -0.4 is 5.32 Å². The molecule has 0 spiro atoms. The number of aromatic nitrogens is 1. The van der Waals surface area contributed by atoms with Gasteiger partial charge in [0.25, 0.3) is 0 Å². The number of carbonyl (C=O) groups excluding carboxylic acids is 2. The van der Waals surface area contributed by atoms with Crippen LogP contribution in [0.3, 0.4) is 0 Å². The van der Waals surface area contributed by atoms with Gasteiger partial charge in [-0.15, -0.1) is 23.1 Å². The second-order valence-corrected chi connectivity index (χ2v) is 6.09. The Morgan fingerprint density at radius 1 is 1.27 bits per heavy atom. The van der Waals surface area contributed by atoms with Gasteiger partial charge in [0, 0.05) is 10.9 Å². The first-order valence-corrected chi connectivity index (χ1v) is 8.76. The third kappa shape index (κ3) is 5.16. The third-order valence-corrected chi connectivity index (χ3v) is 4.24. The summed E-state index contributed by atoms with van der Waals surface area (Å²) in [5.41, 5.74) is 1.84. The summed E-state index contributed by atoms with van der Waals surface area (Å²) in [5, 5.41) is 5.19. The summed E-state index contributed by atoms with van der Waals surface area (Å²) >= 11 is 2.60. The van der Waals surface area contributed by atoms with Crippen LogP contribution in [0.15, 0.2) is 35.7 Å². The van der Waals surface area contributed by atoms with Gasteiger partial charge in [-0.3, -0.25) is 9.59 Å². The van der Waals surface area contributed by atoms with Crippen molar-refractivity contribution in [2.75, 3.05) is 23.4 Å². The quantitative estimate of drug-likeness (QED) is 0.787. The van der Waals surface area contributed by atoms with Gasteiger partial charge >= 0.3 is 5.97 Å². The molecule has 1 heterocycles. The molecule has 1 aromatic carbocycles. The topological polar surface area (TPSA) is 68.3 Å². The molecule has 116 valence electrons. The Morgan fingerprint density at radius 3 is 2.77 bits per heavy atom. The van der Waals surface area contributed by atoms with Gasteiger partial charge < -0.3 is 10.1 Å². The molecule has 2 rings (SSSR count). The van der Waals surface area contributed by atoms with Crippen molar-refractivity contribution >= 4 is 40.1 Å². The number of thioether (sulfide) groups is 1. The van der Waals surface area contributed by atoms with Crippen LogP contribution in [0.4, 0.5) is 5.13 Å². The molecule has 0 atom stereocenters. The summed E-state index contributed by atoms with van der Waals surface area (Å²) in [6.45, 7) is 2.11. The average molecular weight is 336 g/mol. The number of carbonyl (C=O) groups is 2. The van der Waals surface area contributed by atoms with E-state index in [0.717, 1.165) is 11.3 Å². The normalized spacial score (nSPS) is 10.2. The predicted molar refractivity (Wildman–Crippen MR) is 90.1 cm³/mol. The molecular formula is C15H16N2O3S2. The minimum atomic E-state index is -0.305. The number of benzene rings is 1. The van der Waals surface area contributed by atoms with Crippen molar-refractivity contribution in [1.82, 2.24) is 4.98 Å². The van der Waals surface area contributed by atoms with E-state index in [9.17, 15) is 9.59 Å². The standard InChI is InChI=1S/C15H16N2O3S2/c1-2-20-14(19)10-21-9-13(18)17-15-16-12(8-22-15)11-6-4-3-5-7-11/h3-8H,2,9-10H2,1H3,(H,16,17,18). The van der Waals surface area contributed by atoms with Gasteiger partial charge in [-0.25, -0.2) is 4.98 Å². The van der Waals surface area contributed by atoms with Gasteiger partial charge in [-0.2, -0.15) is 0 Å². The maximum absolute atomic E-state index is 11.8. The van der Waals surface area contributed by atoms with Crippen molar-refractivity contribution in [2.45, 2.75) is 6.92 Å². The van der Waals surface area contributed by atoms with Gasteiger partial charge in [0.2, 0.25) is 5.91 Å². The van der Waals surface area contributed by atoms with Crippen molar-refractivity contribution in [3.63, 3.8) is 0 Å². The summed E-state index contributed by atoms with van der Waals surface area (Å²) < 4.78 is 4.79. The van der Waals surface area contributed by atoms with Crippen LogP contribution in [-0.4, -0.2) is 35.0 Å². The number of hydrogen-bond acceptors (Lipinski definition) is 6. The van der Waals surface area contributed by atoms with E-state index in [4.69, 9.17) is 4.74 Å². The zero-order valence-electron chi connectivity index (χ0n) is 12.1. The predicted octanol–water partition coefficient (Wildman–Crippen LogP) is 3.04. The van der Waals surface area contributed by atoms with Crippen LogP contribution in [-0.2, 0) is 14.3 Å². The van der Waals surface area contributed by atoms with Crippen LogP contribution in [0.5, 0.6) is 0 Å². The Labute approximate surface area is 137 Å². The highest BCUT2D eigenvalue weighted by Gasteiger charge is 2.09. The second kappa shape index (κ2) is 8.55. The molecule has 0 fully saturated rings. The van der Waals surface area contributed by atoms with Crippen molar-refractivity contribution in [2.24, 2.45) is 0 Å². The first-order chi connectivity index (χ1) is 10.7. The van der Waals surface area contributed by atoms with Crippen molar-refractivity contribution in [1.29, 1.82) is 0 Å². The monoisotopic (exact) mass is 336 g/mol. The maximum Gasteiger partial charge on any atom is 0.315 e. The Kier molecular flexibility index (Phi) is 6.42.